The minimum atomic E-state index is -0.217. The Morgan fingerprint density at radius 1 is 1.33 bits per heavy atom. The lowest BCUT2D eigenvalue weighted by molar-refractivity contribution is -0.0567. The molecule has 1 aliphatic rings. The van der Waals surface area contributed by atoms with Crippen LogP contribution in [0.25, 0.3) is 0 Å². The zero-order chi connectivity index (χ0) is 15.3. The van der Waals surface area contributed by atoms with Gasteiger partial charge in [0.25, 0.3) is 0 Å². The van der Waals surface area contributed by atoms with Crippen LogP contribution in [-0.4, -0.2) is 25.4 Å². The van der Waals surface area contributed by atoms with E-state index in [0.717, 1.165) is 44.8 Å². The van der Waals surface area contributed by atoms with E-state index in [1.54, 1.807) is 0 Å². The van der Waals surface area contributed by atoms with Crippen molar-refractivity contribution in [3.8, 4) is 5.75 Å². The van der Waals surface area contributed by atoms with Gasteiger partial charge in [-0.05, 0) is 38.8 Å². The summed E-state index contributed by atoms with van der Waals surface area (Å²) in [6, 6.07) is 6.67. The van der Waals surface area contributed by atoms with Gasteiger partial charge in [0.2, 0.25) is 0 Å². The zero-order valence-corrected chi connectivity index (χ0v) is 13.9. The van der Waals surface area contributed by atoms with Gasteiger partial charge in [-0.2, -0.15) is 0 Å². The van der Waals surface area contributed by atoms with E-state index in [1.807, 2.05) is 0 Å². The Bertz CT molecular complexity index is 461. The first-order valence-corrected chi connectivity index (χ1v) is 8.28. The third-order valence-electron chi connectivity index (χ3n) is 4.44. The largest absolute Gasteiger partial charge is 0.493 e. The van der Waals surface area contributed by atoms with Crippen LogP contribution < -0.4 is 10.1 Å². The third kappa shape index (κ3) is 3.41. The quantitative estimate of drug-likeness (QED) is 0.788. The van der Waals surface area contributed by atoms with E-state index >= 15 is 0 Å². The van der Waals surface area contributed by atoms with Crippen molar-refractivity contribution in [3.05, 3.63) is 29.3 Å². The monoisotopic (exact) mass is 291 g/mol. The zero-order valence-electron chi connectivity index (χ0n) is 13.9. The molecule has 3 nitrogen and oxygen atoms in total. The summed E-state index contributed by atoms with van der Waals surface area (Å²) in [5.74, 6) is 1.07. The van der Waals surface area contributed by atoms with Crippen molar-refractivity contribution in [2.45, 2.75) is 58.6 Å². The van der Waals surface area contributed by atoms with Gasteiger partial charge in [-0.3, -0.25) is 0 Å². The molecule has 1 N–H and O–H groups in total. The Balaban J connectivity index is 2.38. The minimum absolute atomic E-state index is 0.162. The molecule has 0 saturated carbocycles. The number of hydrogen-bond acceptors (Lipinski definition) is 3. The number of rotatable bonds is 8. The van der Waals surface area contributed by atoms with Crippen molar-refractivity contribution in [2.75, 3.05) is 19.8 Å². The molecular weight excluding hydrogens is 262 g/mol. The van der Waals surface area contributed by atoms with Crippen LogP contribution in [0.3, 0.4) is 0 Å². The fourth-order valence-electron chi connectivity index (χ4n) is 3.13. The topological polar surface area (TPSA) is 30.5 Å². The summed E-state index contributed by atoms with van der Waals surface area (Å²) in [6.07, 6.45) is 3.09. The lowest BCUT2D eigenvalue weighted by atomic mass is 9.86. The van der Waals surface area contributed by atoms with Gasteiger partial charge in [0.1, 0.15) is 5.75 Å². The van der Waals surface area contributed by atoms with Crippen molar-refractivity contribution in [2.24, 2.45) is 0 Å². The number of hydrogen-bond donors (Lipinski definition) is 1. The van der Waals surface area contributed by atoms with Crippen LogP contribution >= 0.6 is 0 Å². The van der Waals surface area contributed by atoms with E-state index in [9.17, 15) is 0 Å². The highest BCUT2D eigenvalue weighted by Gasteiger charge is 2.36. The van der Waals surface area contributed by atoms with E-state index in [2.05, 4.69) is 51.2 Å². The molecule has 0 saturated heterocycles. The maximum Gasteiger partial charge on any atom is 0.127 e. The first kappa shape index (κ1) is 16.3. The van der Waals surface area contributed by atoms with Gasteiger partial charge in [0.05, 0.1) is 18.2 Å². The average Bonchev–Trinajstić information content (AvgIpc) is 2.97. The van der Waals surface area contributed by atoms with Crippen molar-refractivity contribution in [1.82, 2.24) is 5.32 Å². The first-order valence-electron chi connectivity index (χ1n) is 8.28. The van der Waals surface area contributed by atoms with Gasteiger partial charge in [0.15, 0.2) is 0 Å². The maximum atomic E-state index is 6.13. The van der Waals surface area contributed by atoms with Gasteiger partial charge >= 0.3 is 0 Å². The summed E-state index contributed by atoms with van der Waals surface area (Å²) in [5, 5.41) is 3.69. The molecular formula is C18H29NO2. The van der Waals surface area contributed by atoms with Crippen molar-refractivity contribution >= 4 is 0 Å². The fraction of sp³-hybridized carbons (Fsp3) is 0.667. The Morgan fingerprint density at radius 3 is 2.81 bits per heavy atom. The van der Waals surface area contributed by atoms with Crippen LogP contribution in [0.15, 0.2) is 18.2 Å². The number of nitrogens with one attached hydrogen (secondary N) is 1. The highest BCUT2D eigenvalue weighted by molar-refractivity contribution is 5.46. The molecule has 0 aliphatic carbocycles. The normalized spacial score (nSPS) is 17.9. The summed E-state index contributed by atoms with van der Waals surface area (Å²) < 4.78 is 12.0. The molecule has 1 aromatic carbocycles. The van der Waals surface area contributed by atoms with Crippen LogP contribution in [0.4, 0.5) is 0 Å². The van der Waals surface area contributed by atoms with E-state index < -0.39 is 0 Å². The summed E-state index contributed by atoms with van der Waals surface area (Å²) in [4.78, 5) is 0. The number of benzene rings is 1. The number of fused-ring (bicyclic) bond motifs is 1. The Kier molecular flexibility index (Phi) is 5.65. The smallest absolute Gasteiger partial charge is 0.127 e. The molecule has 0 radical (unpaired) electrons. The van der Waals surface area contributed by atoms with Crippen LogP contribution in [-0.2, 0) is 11.2 Å². The molecule has 2 atom stereocenters. The molecule has 0 spiro atoms. The lowest BCUT2D eigenvalue weighted by Gasteiger charge is -2.38. The van der Waals surface area contributed by atoms with E-state index in [4.69, 9.17) is 9.47 Å². The van der Waals surface area contributed by atoms with E-state index in [-0.39, 0.29) is 11.6 Å². The van der Waals surface area contributed by atoms with Crippen LogP contribution in [0.2, 0.25) is 0 Å². The molecule has 1 aromatic rings. The maximum absolute atomic E-state index is 6.13. The Morgan fingerprint density at radius 2 is 2.14 bits per heavy atom. The molecule has 3 heteroatoms. The summed E-state index contributed by atoms with van der Waals surface area (Å²) >= 11 is 0. The minimum Gasteiger partial charge on any atom is -0.493 e. The summed E-state index contributed by atoms with van der Waals surface area (Å²) in [6.45, 7) is 11.2. The Labute approximate surface area is 129 Å². The predicted molar refractivity (Wildman–Crippen MR) is 87.0 cm³/mol. The molecule has 0 amide bonds. The van der Waals surface area contributed by atoms with Crippen LogP contribution in [0.1, 0.15) is 57.7 Å². The number of para-hydroxylation sites is 1. The van der Waals surface area contributed by atoms with Gasteiger partial charge in [0, 0.05) is 18.6 Å². The third-order valence-corrected chi connectivity index (χ3v) is 4.44. The van der Waals surface area contributed by atoms with Crippen molar-refractivity contribution in [3.63, 3.8) is 0 Å². The molecule has 1 heterocycles. The molecule has 0 fully saturated rings. The number of ether oxygens (including phenoxy) is 2. The molecule has 2 unspecified atom stereocenters. The second-order valence-electron chi connectivity index (χ2n) is 5.92. The predicted octanol–water partition coefficient (Wildman–Crippen LogP) is 3.87. The lowest BCUT2D eigenvalue weighted by Crippen LogP contribution is -2.44. The second kappa shape index (κ2) is 7.28. The van der Waals surface area contributed by atoms with Crippen molar-refractivity contribution < 1.29 is 9.47 Å². The fourth-order valence-corrected chi connectivity index (χ4v) is 3.13. The molecule has 21 heavy (non-hydrogen) atoms. The average molecular weight is 291 g/mol. The summed E-state index contributed by atoms with van der Waals surface area (Å²) in [5.41, 5.74) is 2.35. The second-order valence-corrected chi connectivity index (χ2v) is 5.92. The standard InChI is InChI=1S/C18H29NO2/c1-5-12-19-17(18(4,6-2)21-7-3)15-10-8-9-14-11-13-20-16(14)15/h8-10,17,19H,5-7,11-13H2,1-4H3. The molecule has 0 bridgehead atoms. The molecule has 0 aromatic heterocycles. The highest BCUT2D eigenvalue weighted by atomic mass is 16.5. The van der Waals surface area contributed by atoms with E-state index in [1.165, 1.54) is 11.1 Å². The van der Waals surface area contributed by atoms with Gasteiger partial charge < -0.3 is 14.8 Å². The van der Waals surface area contributed by atoms with Crippen LogP contribution in [0.5, 0.6) is 5.75 Å². The molecule has 2 rings (SSSR count). The Hall–Kier alpha value is -1.06. The SMILES string of the molecule is CCCNC(c1cccc2c1OCC2)C(C)(CC)OCC. The van der Waals surface area contributed by atoms with Gasteiger partial charge in [-0.25, -0.2) is 0 Å². The van der Waals surface area contributed by atoms with Crippen LogP contribution in [0, 0.1) is 0 Å². The van der Waals surface area contributed by atoms with Crippen molar-refractivity contribution in [1.29, 1.82) is 0 Å². The van der Waals surface area contributed by atoms with E-state index in [0.29, 0.717) is 0 Å². The molecule has 118 valence electrons. The van der Waals surface area contributed by atoms with Gasteiger partial charge in [-0.15, -0.1) is 0 Å². The molecule has 1 aliphatic heterocycles. The summed E-state index contributed by atoms with van der Waals surface area (Å²) in [7, 11) is 0. The van der Waals surface area contributed by atoms with Gasteiger partial charge in [-0.1, -0.05) is 32.0 Å². The highest BCUT2D eigenvalue weighted by Crippen LogP contribution is 2.40. The first-order chi connectivity index (χ1) is 10.2.